The largest absolute Gasteiger partial charge is 0.309 e. The summed E-state index contributed by atoms with van der Waals surface area (Å²) >= 11 is 0. The van der Waals surface area contributed by atoms with E-state index in [9.17, 15) is 0 Å². The molecular weight excluding hydrogens is 831 g/mol. The molecule has 0 heterocycles. The third-order valence-electron chi connectivity index (χ3n) is 15.1. The van der Waals surface area contributed by atoms with Gasteiger partial charge in [0.15, 0.2) is 0 Å². The Kier molecular flexibility index (Phi) is 9.49. The normalized spacial score (nSPS) is 13.6. The summed E-state index contributed by atoms with van der Waals surface area (Å²) in [5.41, 5.74) is 22.7. The Balaban J connectivity index is 1.15. The van der Waals surface area contributed by atoms with E-state index in [1.807, 2.05) is 0 Å². The van der Waals surface area contributed by atoms with Gasteiger partial charge in [-0.1, -0.05) is 244 Å². The first-order valence-electron chi connectivity index (χ1n) is 24.2. The first kappa shape index (κ1) is 40.7. The molecule has 0 aromatic heterocycles. The van der Waals surface area contributed by atoms with E-state index in [1.165, 1.54) is 94.2 Å². The van der Waals surface area contributed by atoms with Gasteiger partial charge in [0.25, 0.3) is 0 Å². The molecular formula is C68H49N. The predicted octanol–water partition coefficient (Wildman–Crippen LogP) is 18.0. The fourth-order valence-electron chi connectivity index (χ4n) is 12.2. The van der Waals surface area contributed by atoms with Crippen molar-refractivity contribution < 1.29 is 0 Å². The van der Waals surface area contributed by atoms with Gasteiger partial charge in [-0.2, -0.15) is 0 Å². The van der Waals surface area contributed by atoms with Crippen molar-refractivity contribution in [3.05, 3.63) is 294 Å². The number of benzene rings is 11. The highest BCUT2D eigenvalue weighted by Crippen LogP contribution is 2.59. The van der Waals surface area contributed by atoms with Crippen LogP contribution in [0.25, 0.3) is 66.4 Å². The van der Waals surface area contributed by atoms with Crippen LogP contribution in [0.15, 0.2) is 261 Å². The highest BCUT2D eigenvalue weighted by Gasteiger charge is 2.46. The first-order valence-corrected chi connectivity index (χ1v) is 24.2. The molecule has 0 spiro atoms. The number of nitrogens with zero attached hydrogens (tertiary/aromatic N) is 1. The van der Waals surface area contributed by atoms with Crippen molar-refractivity contribution in [2.75, 3.05) is 4.90 Å². The van der Waals surface area contributed by atoms with E-state index in [0.717, 1.165) is 22.6 Å². The quantitative estimate of drug-likeness (QED) is 0.147. The second kappa shape index (κ2) is 16.1. The summed E-state index contributed by atoms with van der Waals surface area (Å²) in [6.45, 7) is 4.81. The topological polar surface area (TPSA) is 3.24 Å². The highest BCUT2D eigenvalue weighted by molar-refractivity contribution is 6.05. The van der Waals surface area contributed by atoms with Crippen molar-refractivity contribution in [2.24, 2.45) is 0 Å². The smallest absolute Gasteiger partial charge is 0.0713 e. The van der Waals surface area contributed by atoms with E-state index in [0.29, 0.717) is 0 Å². The van der Waals surface area contributed by atoms with Crippen LogP contribution < -0.4 is 4.90 Å². The fourth-order valence-corrected chi connectivity index (χ4v) is 12.2. The second-order valence-electron chi connectivity index (χ2n) is 19.1. The van der Waals surface area contributed by atoms with Crippen molar-refractivity contribution in [1.82, 2.24) is 0 Å². The van der Waals surface area contributed by atoms with E-state index in [4.69, 9.17) is 0 Å². The Morgan fingerprint density at radius 2 is 0.783 bits per heavy atom. The van der Waals surface area contributed by atoms with Crippen LogP contribution in [0.5, 0.6) is 0 Å². The summed E-state index contributed by atoms with van der Waals surface area (Å²) in [7, 11) is 0. The van der Waals surface area contributed by atoms with Crippen molar-refractivity contribution >= 4 is 27.8 Å². The summed E-state index contributed by atoms with van der Waals surface area (Å²) in [6, 6.07) is 97.0. The van der Waals surface area contributed by atoms with Gasteiger partial charge in [-0.25, -0.2) is 0 Å². The van der Waals surface area contributed by atoms with Crippen LogP contribution >= 0.6 is 0 Å². The van der Waals surface area contributed by atoms with Gasteiger partial charge in [0, 0.05) is 22.2 Å². The summed E-state index contributed by atoms with van der Waals surface area (Å²) < 4.78 is 0. The molecule has 2 aliphatic carbocycles. The van der Waals surface area contributed by atoms with E-state index < -0.39 is 5.41 Å². The molecule has 326 valence electrons. The number of fused-ring (bicyclic) bond motifs is 7. The van der Waals surface area contributed by atoms with E-state index in [2.05, 4.69) is 280 Å². The molecule has 11 aromatic rings. The van der Waals surface area contributed by atoms with Crippen molar-refractivity contribution in [2.45, 2.75) is 24.7 Å². The molecule has 11 aromatic carbocycles. The van der Waals surface area contributed by atoms with Gasteiger partial charge in [0.2, 0.25) is 0 Å². The SMILES string of the molecule is CC1(C)c2ccccc2-c2cccc(-c3cc4ccccc4cc3N(c3ccc4c(c3)-c3ccccc3C4(c3ccccc3)c3ccccc3)c3cccc(-c4ccccc4)c3-c3ccccc3)c21. The van der Waals surface area contributed by atoms with Crippen LogP contribution in [0.3, 0.4) is 0 Å². The highest BCUT2D eigenvalue weighted by atomic mass is 15.1. The molecule has 1 heteroatoms. The van der Waals surface area contributed by atoms with Crippen LogP contribution in [0.2, 0.25) is 0 Å². The zero-order chi connectivity index (χ0) is 46.1. The molecule has 69 heavy (non-hydrogen) atoms. The number of rotatable bonds is 8. The third-order valence-corrected chi connectivity index (χ3v) is 15.1. The van der Waals surface area contributed by atoms with Gasteiger partial charge in [0.05, 0.1) is 16.8 Å². The van der Waals surface area contributed by atoms with Gasteiger partial charge in [-0.15, -0.1) is 0 Å². The minimum atomic E-state index is -0.514. The standard InChI is InChI=1S/C68H49N/c1-67(2)60-38-19-17-33-54(60)56-36-21-37-57(66(56)67)59-43-48-27-15-16-28-49(48)44-64(59)69(63-40-22-35-53(46-23-7-3-8-24-46)65(63)47-25-9-4-10-26-47)52-41-42-62-58(45-52)55-34-18-20-39-61(55)68(62,50-29-11-5-12-30-50)51-31-13-6-14-32-51/h3-45H,1-2H3. The summed E-state index contributed by atoms with van der Waals surface area (Å²) in [6.07, 6.45) is 0. The van der Waals surface area contributed by atoms with E-state index in [-0.39, 0.29) is 5.41 Å². The number of hydrogen-bond donors (Lipinski definition) is 0. The van der Waals surface area contributed by atoms with E-state index >= 15 is 0 Å². The minimum absolute atomic E-state index is 0.228. The zero-order valence-corrected chi connectivity index (χ0v) is 38.8. The van der Waals surface area contributed by atoms with E-state index in [1.54, 1.807) is 0 Å². The Morgan fingerprint density at radius 1 is 0.304 bits per heavy atom. The lowest BCUT2D eigenvalue weighted by Gasteiger charge is -2.35. The maximum absolute atomic E-state index is 2.58. The van der Waals surface area contributed by atoms with Gasteiger partial charge in [-0.3, -0.25) is 0 Å². The molecule has 0 unspecified atom stereocenters. The first-order chi connectivity index (χ1) is 34.0. The lowest BCUT2D eigenvalue weighted by atomic mass is 9.68. The van der Waals surface area contributed by atoms with Gasteiger partial charge < -0.3 is 4.90 Å². The van der Waals surface area contributed by atoms with Gasteiger partial charge in [0.1, 0.15) is 0 Å². The molecule has 13 rings (SSSR count). The molecule has 0 fully saturated rings. The minimum Gasteiger partial charge on any atom is -0.309 e. The van der Waals surface area contributed by atoms with Crippen molar-refractivity contribution in [3.8, 4) is 55.6 Å². The second-order valence-corrected chi connectivity index (χ2v) is 19.1. The lowest BCUT2D eigenvalue weighted by molar-refractivity contribution is 0.662. The van der Waals surface area contributed by atoms with Crippen LogP contribution in [0, 0.1) is 0 Å². The predicted molar refractivity (Wildman–Crippen MR) is 290 cm³/mol. The average molecular weight is 880 g/mol. The molecule has 0 radical (unpaired) electrons. The fraction of sp³-hybridized carbons (Fsp3) is 0.0588. The molecule has 0 atom stereocenters. The molecule has 1 nitrogen and oxygen atoms in total. The summed E-state index contributed by atoms with van der Waals surface area (Å²) in [4.78, 5) is 2.58. The van der Waals surface area contributed by atoms with Crippen LogP contribution in [0.1, 0.15) is 47.2 Å². The monoisotopic (exact) mass is 879 g/mol. The summed E-state index contributed by atoms with van der Waals surface area (Å²) in [5, 5.41) is 2.40. The van der Waals surface area contributed by atoms with Crippen molar-refractivity contribution in [1.29, 1.82) is 0 Å². The molecule has 0 N–H and O–H groups in total. The Labute approximate surface area is 405 Å². The Bertz CT molecular complexity index is 3700. The number of anilines is 3. The summed E-state index contributed by atoms with van der Waals surface area (Å²) in [5.74, 6) is 0. The average Bonchev–Trinajstić information content (AvgIpc) is 3.85. The Morgan fingerprint density at radius 3 is 1.45 bits per heavy atom. The Hall–Kier alpha value is -8.52. The molecule has 0 aliphatic heterocycles. The van der Waals surface area contributed by atoms with Gasteiger partial charge >= 0.3 is 0 Å². The lowest BCUT2D eigenvalue weighted by Crippen LogP contribution is -2.28. The molecule has 0 bridgehead atoms. The maximum atomic E-state index is 2.58. The maximum Gasteiger partial charge on any atom is 0.0713 e. The molecule has 2 aliphatic rings. The third kappa shape index (κ3) is 6.24. The van der Waals surface area contributed by atoms with Crippen LogP contribution in [-0.2, 0) is 10.8 Å². The van der Waals surface area contributed by atoms with Crippen LogP contribution in [0.4, 0.5) is 17.1 Å². The molecule has 0 amide bonds. The molecule has 0 saturated carbocycles. The van der Waals surface area contributed by atoms with Gasteiger partial charge in [-0.05, 0) is 119 Å². The zero-order valence-electron chi connectivity index (χ0n) is 38.8. The number of hydrogen-bond acceptors (Lipinski definition) is 1. The molecule has 0 saturated heterocycles. The van der Waals surface area contributed by atoms with Crippen molar-refractivity contribution in [3.63, 3.8) is 0 Å². The van der Waals surface area contributed by atoms with Crippen LogP contribution in [-0.4, -0.2) is 0 Å².